The van der Waals surface area contributed by atoms with Gasteiger partial charge in [0.05, 0.1) is 12.5 Å². The van der Waals surface area contributed by atoms with Crippen LogP contribution in [0.2, 0.25) is 5.02 Å². The van der Waals surface area contributed by atoms with E-state index in [1.165, 1.54) is 0 Å². The van der Waals surface area contributed by atoms with Crippen LogP contribution in [0.1, 0.15) is 22.9 Å². The number of thiophene rings is 1. The topological polar surface area (TPSA) is 49.3 Å². The molecule has 0 aliphatic heterocycles. The second kappa shape index (κ2) is 7.22. The molecule has 0 radical (unpaired) electrons. The van der Waals surface area contributed by atoms with Crippen molar-refractivity contribution < 1.29 is 9.90 Å². The fourth-order valence-electron chi connectivity index (χ4n) is 1.85. The minimum absolute atomic E-state index is 0.0543. The number of rotatable bonds is 6. The van der Waals surface area contributed by atoms with Crippen LogP contribution in [0, 0.1) is 0 Å². The Morgan fingerprint density at radius 2 is 2.25 bits per heavy atom. The molecule has 0 saturated carbocycles. The first kappa shape index (κ1) is 15.5. The molecule has 1 unspecified atom stereocenters. The summed E-state index contributed by atoms with van der Waals surface area (Å²) < 4.78 is 0.953. The van der Waals surface area contributed by atoms with E-state index in [0.29, 0.717) is 11.6 Å². The van der Waals surface area contributed by atoms with Gasteiger partial charge in [-0.25, -0.2) is 0 Å². The van der Waals surface area contributed by atoms with E-state index in [1.54, 1.807) is 11.3 Å². The van der Waals surface area contributed by atoms with E-state index >= 15 is 0 Å². The summed E-state index contributed by atoms with van der Waals surface area (Å²) in [6.45, 7) is 0.553. The molecule has 106 valence electrons. The molecule has 0 aliphatic rings. The van der Waals surface area contributed by atoms with Gasteiger partial charge in [0.25, 0.3) is 0 Å². The third kappa shape index (κ3) is 4.31. The molecule has 2 rings (SSSR count). The minimum atomic E-state index is -0.818. The molecule has 0 spiro atoms. The highest BCUT2D eigenvalue weighted by Crippen LogP contribution is 2.25. The van der Waals surface area contributed by atoms with Gasteiger partial charge < -0.3 is 10.4 Å². The zero-order valence-corrected chi connectivity index (χ0v) is 13.6. The second-order valence-corrected chi connectivity index (χ2v) is 6.55. The van der Waals surface area contributed by atoms with E-state index in [2.05, 4.69) is 21.2 Å². The molecule has 0 saturated heterocycles. The number of carboxylic acids is 1. The Kier molecular flexibility index (Phi) is 5.60. The van der Waals surface area contributed by atoms with Crippen molar-refractivity contribution >= 4 is 44.8 Å². The van der Waals surface area contributed by atoms with E-state index in [9.17, 15) is 4.79 Å². The van der Waals surface area contributed by atoms with E-state index < -0.39 is 5.97 Å². The lowest BCUT2D eigenvalue weighted by Gasteiger charge is -2.16. The molecule has 2 N–H and O–H groups in total. The van der Waals surface area contributed by atoms with Crippen LogP contribution in [-0.2, 0) is 11.3 Å². The Labute approximate surface area is 134 Å². The first-order valence-electron chi connectivity index (χ1n) is 5.99. The summed E-state index contributed by atoms with van der Waals surface area (Å²) >= 11 is 11.0. The number of halogens is 2. The van der Waals surface area contributed by atoms with Gasteiger partial charge in [-0.05, 0) is 35.2 Å². The average molecular weight is 375 g/mol. The van der Waals surface area contributed by atoms with Crippen molar-refractivity contribution in [2.75, 3.05) is 0 Å². The summed E-state index contributed by atoms with van der Waals surface area (Å²) in [7, 11) is 0. The van der Waals surface area contributed by atoms with Crippen LogP contribution in [0.5, 0.6) is 0 Å². The maximum absolute atomic E-state index is 11.0. The van der Waals surface area contributed by atoms with E-state index in [-0.39, 0.29) is 12.5 Å². The quantitative estimate of drug-likeness (QED) is 0.784. The van der Waals surface area contributed by atoms with Gasteiger partial charge in [0.2, 0.25) is 0 Å². The third-order valence-electron chi connectivity index (χ3n) is 2.81. The number of hydrogen-bond acceptors (Lipinski definition) is 3. The minimum Gasteiger partial charge on any atom is -0.481 e. The number of aliphatic carboxylic acids is 1. The predicted octanol–water partition coefficient (Wildman–Crippen LogP) is 4.47. The number of carbonyl (C=O) groups is 1. The summed E-state index contributed by atoms with van der Waals surface area (Å²) in [5, 5.41) is 14.9. The summed E-state index contributed by atoms with van der Waals surface area (Å²) in [5.41, 5.74) is 1.00. The summed E-state index contributed by atoms with van der Waals surface area (Å²) in [5.74, 6) is -0.818. The summed E-state index contributed by atoms with van der Waals surface area (Å²) in [4.78, 5) is 12.0. The van der Waals surface area contributed by atoms with Gasteiger partial charge in [0, 0.05) is 20.9 Å². The maximum Gasteiger partial charge on any atom is 0.305 e. The normalized spacial score (nSPS) is 12.3. The fourth-order valence-corrected chi connectivity index (χ4v) is 3.23. The Bertz CT molecular complexity index is 589. The van der Waals surface area contributed by atoms with Crippen LogP contribution in [-0.4, -0.2) is 11.1 Å². The smallest absolute Gasteiger partial charge is 0.305 e. The number of hydrogen-bond donors (Lipinski definition) is 2. The first-order chi connectivity index (χ1) is 9.56. The largest absolute Gasteiger partial charge is 0.481 e. The van der Waals surface area contributed by atoms with Gasteiger partial charge >= 0.3 is 5.97 Å². The van der Waals surface area contributed by atoms with Gasteiger partial charge in [-0.15, -0.1) is 11.3 Å². The van der Waals surface area contributed by atoms with Crippen molar-refractivity contribution in [3.8, 4) is 0 Å². The Hall–Kier alpha value is -0.880. The Morgan fingerprint density at radius 3 is 2.90 bits per heavy atom. The van der Waals surface area contributed by atoms with Crippen molar-refractivity contribution in [2.24, 2.45) is 0 Å². The molecule has 0 aliphatic carbocycles. The molecular weight excluding hydrogens is 362 g/mol. The lowest BCUT2D eigenvalue weighted by atomic mass is 10.1. The zero-order valence-electron chi connectivity index (χ0n) is 10.5. The van der Waals surface area contributed by atoms with Crippen LogP contribution in [0.4, 0.5) is 0 Å². The molecule has 3 nitrogen and oxygen atoms in total. The molecule has 2 aromatic rings. The fraction of sp³-hybridized carbons (Fsp3) is 0.214. The highest BCUT2D eigenvalue weighted by molar-refractivity contribution is 9.10. The van der Waals surface area contributed by atoms with Crippen LogP contribution >= 0.6 is 38.9 Å². The Morgan fingerprint density at radius 1 is 1.45 bits per heavy atom. The highest BCUT2D eigenvalue weighted by atomic mass is 79.9. The van der Waals surface area contributed by atoms with Crippen LogP contribution < -0.4 is 5.32 Å². The third-order valence-corrected chi connectivity index (χ3v) is 4.81. The van der Waals surface area contributed by atoms with Crippen molar-refractivity contribution in [3.05, 3.63) is 55.6 Å². The van der Waals surface area contributed by atoms with Crippen molar-refractivity contribution in [1.29, 1.82) is 0 Å². The molecule has 1 atom stereocenters. The van der Waals surface area contributed by atoms with Crippen LogP contribution in [0.25, 0.3) is 0 Å². The molecule has 1 aromatic heterocycles. The van der Waals surface area contributed by atoms with Gasteiger partial charge in [-0.1, -0.05) is 33.6 Å². The predicted molar refractivity (Wildman–Crippen MR) is 85.3 cm³/mol. The molecular formula is C14H13BrClNO2S. The lowest BCUT2D eigenvalue weighted by molar-refractivity contribution is -0.137. The van der Waals surface area contributed by atoms with Crippen molar-refractivity contribution in [1.82, 2.24) is 5.32 Å². The maximum atomic E-state index is 11.0. The van der Waals surface area contributed by atoms with Gasteiger partial charge in [0.15, 0.2) is 0 Å². The van der Waals surface area contributed by atoms with Crippen LogP contribution in [0.15, 0.2) is 40.2 Å². The van der Waals surface area contributed by atoms with Gasteiger partial charge in [0.1, 0.15) is 0 Å². The number of carboxylic acid groups (broad SMARTS) is 1. The molecule has 0 amide bonds. The molecule has 0 fully saturated rings. The number of nitrogens with one attached hydrogen (secondary N) is 1. The molecule has 0 bridgehead atoms. The van der Waals surface area contributed by atoms with E-state index in [4.69, 9.17) is 16.7 Å². The van der Waals surface area contributed by atoms with Crippen LogP contribution in [0.3, 0.4) is 0 Å². The van der Waals surface area contributed by atoms with E-state index in [1.807, 2.05) is 35.7 Å². The molecule has 1 aromatic carbocycles. The average Bonchev–Trinajstić information content (AvgIpc) is 2.91. The standard InChI is InChI=1S/C14H13BrClNO2S/c15-11-4-3-10(16)6-9(11)8-17-12(7-14(18)19)13-2-1-5-20-13/h1-6,12,17H,7-8H2,(H,18,19). The van der Waals surface area contributed by atoms with E-state index in [0.717, 1.165) is 14.9 Å². The molecule has 6 heteroatoms. The second-order valence-electron chi connectivity index (χ2n) is 4.28. The molecule has 20 heavy (non-hydrogen) atoms. The van der Waals surface area contributed by atoms with Crippen molar-refractivity contribution in [2.45, 2.75) is 19.0 Å². The monoisotopic (exact) mass is 373 g/mol. The first-order valence-corrected chi connectivity index (χ1v) is 8.04. The van der Waals surface area contributed by atoms with Crippen molar-refractivity contribution in [3.63, 3.8) is 0 Å². The highest BCUT2D eigenvalue weighted by Gasteiger charge is 2.16. The van der Waals surface area contributed by atoms with Gasteiger partial charge in [-0.3, -0.25) is 4.79 Å². The lowest BCUT2D eigenvalue weighted by Crippen LogP contribution is -2.23. The number of benzene rings is 1. The Balaban J connectivity index is 2.08. The molecule has 1 heterocycles. The SMILES string of the molecule is O=C(O)CC(NCc1cc(Cl)ccc1Br)c1cccs1. The summed E-state index contributed by atoms with van der Waals surface area (Å²) in [6.07, 6.45) is 0.0543. The van der Waals surface area contributed by atoms with Gasteiger partial charge in [-0.2, -0.15) is 0 Å². The zero-order chi connectivity index (χ0) is 14.5. The summed E-state index contributed by atoms with van der Waals surface area (Å²) in [6, 6.07) is 9.23.